The van der Waals surface area contributed by atoms with E-state index in [1.54, 1.807) is 0 Å². The van der Waals surface area contributed by atoms with Gasteiger partial charge in [0.25, 0.3) is 0 Å². The maximum atomic E-state index is 12.6. The highest BCUT2D eigenvalue weighted by atomic mass is 16.7. The molecule has 3 rings (SSSR count). The second kappa shape index (κ2) is 9.52. The quantitative estimate of drug-likeness (QED) is 0.641. The van der Waals surface area contributed by atoms with Crippen LogP contribution in [0.4, 0.5) is 0 Å². The van der Waals surface area contributed by atoms with Crippen LogP contribution >= 0.6 is 0 Å². The Morgan fingerprint density at radius 3 is 2.57 bits per heavy atom. The van der Waals surface area contributed by atoms with Crippen LogP contribution in [0, 0.1) is 5.92 Å². The Morgan fingerprint density at radius 1 is 1.21 bits per heavy atom. The summed E-state index contributed by atoms with van der Waals surface area (Å²) in [5.41, 5.74) is 0.803. The number of benzene rings is 1. The van der Waals surface area contributed by atoms with Crippen molar-refractivity contribution < 1.29 is 19.2 Å². The second-order valence-corrected chi connectivity index (χ2v) is 7.84. The van der Waals surface area contributed by atoms with E-state index in [-0.39, 0.29) is 18.3 Å². The average molecular weight is 389 g/mol. The van der Waals surface area contributed by atoms with Gasteiger partial charge in [0.15, 0.2) is 0 Å². The summed E-state index contributed by atoms with van der Waals surface area (Å²) in [5.74, 6) is -0.830. The van der Waals surface area contributed by atoms with E-state index in [1.165, 1.54) is 17.7 Å². The number of ether oxygens (including phenoxy) is 1. The number of amides is 1. The fourth-order valence-corrected chi connectivity index (χ4v) is 4.53. The molecule has 1 atom stereocenters. The first-order valence-electron chi connectivity index (χ1n) is 10.4. The highest BCUT2D eigenvalue weighted by Crippen LogP contribution is 2.44. The van der Waals surface area contributed by atoms with Crippen LogP contribution in [0.5, 0.6) is 0 Å². The Hall–Kier alpha value is -1.92. The van der Waals surface area contributed by atoms with Gasteiger partial charge in [0.05, 0.1) is 25.2 Å². The summed E-state index contributed by atoms with van der Waals surface area (Å²) in [5, 5.41) is 1.53. The predicted octanol–water partition coefficient (Wildman–Crippen LogP) is 2.82. The summed E-state index contributed by atoms with van der Waals surface area (Å²) < 4.78 is 5.02. The minimum atomic E-state index is -0.560. The summed E-state index contributed by atoms with van der Waals surface area (Å²) in [4.78, 5) is 33.2. The van der Waals surface area contributed by atoms with Crippen LogP contribution in [0.25, 0.3) is 0 Å². The van der Waals surface area contributed by atoms with E-state index in [0.717, 1.165) is 51.7 Å². The Balaban J connectivity index is 1.60. The van der Waals surface area contributed by atoms with Gasteiger partial charge in [-0.25, -0.2) is 5.06 Å². The molecule has 1 amide bonds. The van der Waals surface area contributed by atoms with Gasteiger partial charge < -0.3 is 9.64 Å². The van der Waals surface area contributed by atoms with Crippen LogP contribution in [0.1, 0.15) is 44.6 Å². The minimum absolute atomic E-state index is 0.0959. The summed E-state index contributed by atoms with van der Waals surface area (Å²) >= 11 is 0. The van der Waals surface area contributed by atoms with E-state index < -0.39 is 11.5 Å². The maximum absolute atomic E-state index is 12.6. The topological polar surface area (TPSA) is 59.1 Å². The van der Waals surface area contributed by atoms with Gasteiger partial charge in [-0.05, 0) is 44.2 Å². The third kappa shape index (κ3) is 4.39. The van der Waals surface area contributed by atoms with Gasteiger partial charge in [-0.1, -0.05) is 37.3 Å². The number of piperidine rings is 1. The molecule has 0 radical (unpaired) electrons. The molecule has 2 fully saturated rings. The largest absolute Gasteiger partial charge is 0.469 e. The van der Waals surface area contributed by atoms with E-state index in [1.807, 2.05) is 13.0 Å². The molecule has 2 saturated heterocycles. The molecule has 0 saturated carbocycles. The van der Waals surface area contributed by atoms with E-state index in [9.17, 15) is 9.59 Å². The number of hydrogen-bond acceptors (Lipinski definition) is 5. The van der Waals surface area contributed by atoms with Crippen molar-refractivity contribution in [3.63, 3.8) is 0 Å². The monoisotopic (exact) mass is 388 g/mol. The Bertz CT molecular complexity index is 656. The fraction of sp³-hybridized carbons (Fsp3) is 0.636. The molecule has 6 nitrogen and oxygen atoms in total. The van der Waals surface area contributed by atoms with Crippen LogP contribution in [0.3, 0.4) is 0 Å². The number of rotatable bonds is 8. The lowest BCUT2D eigenvalue weighted by molar-refractivity contribution is -0.223. The number of aryl methyl sites for hydroxylation is 1. The maximum Gasteiger partial charge on any atom is 0.311 e. The number of carbonyl (C=O) groups excluding carboxylic acids is 2. The molecule has 6 heteroatoms. The fourth-order valence-electron chi connectivity index (χ4n) is 4.53. The van der Waals surface area contributed by atoms with Crippen LogP contribution < -0.4 is 0 Å². The zero-order chi connectivity index (χ0) is 20.0. The standard InChI is InChI=1S/C22H32N2O4/c1-3-16-28-24-20(25)17-19(21(26)27-2)22(24)11-14-23(15-12-22)13-7-10-18-8-5-4-6-9-18/h4-6,8-9,19H,3,7,10-17H2,1-2H3. The summed E-state index contributed by atoms with van der Waals surface area (Å²) in [6.45, 7) is 5.25. The molecule has 28 heavy (non-hydrogen) atoms. The van der Waals surface area contributed by atoms with Crippen molar-refractivity contribution in [1.82, 2.24) is 9.96 Å². The molecular formula is C22H32N2O4. The average Bonchev–Trinajstić information content (AvgIpc) is 2.99. The number of esters is 1. The Labute approximate surface area is 167 Å². The van der Waals surface area contributed by atoms with Crippen LogP contribution in [0.2, 0.25) is 0 Å². The summed E-state index contributed by atoms with van der Waals surface area (Å²) in [7, 11) is 1.40. The van der Waals surface area contributed by atoms with E-state index in [0.29, 0.717) is 6.61 Å². The SMILES string of the molecule is CCCON1C(=O)CC(C(=O)OC)C12CCN(CCCc1ccccc1)CC2. The van der Waals surface area contributed by atoms with Crippen molar-refractivity contribution >= 4 is 11.9 Å². The zero-order valence-electron chi connectivity index (χ0n) is 17.1. The molecule has 0 aromatic heterocycles. The third-order valence-electron chi connectivity index (χ3n) is 6.07. The Morgan fingerprint density at radius 2 is 1.93 bits per heavy atom. The normalized spacial score (nSPS) is 22.0. The lowest BCUT2D eigenvalue weighted by Crippen LogP contribution is -2.57. The zero-order valence-corrected chi connectivity index (χ0v) is 17.1. The highest BCUT2D eigenvalue weighted by Gasteiger charge is 2.58. The molecule has 1 unspecified atom stereocenters. The van der Waals surface area contributed by atoms with Gasteiger partial charge in [-0.15, -0.1) is 0 Å². The van der Waals surface area contributed by atoms with Crippen molar-refractivity contribution in [2.75, 3.05) is 33.4 Å². The smallest absolute Gasteiger partial charge is 0.311 e. The number of carbonyl (C=O) groups is 2. The molecule has 154 valence electrons. The first-order valence-corrected chi connectivity index (χ1v) is 10.4. The van der Waals surface area contributed by atoms with Gasteiger partial charge in [0.2, 0.25) is 5.91 Å². The minimum Gasteiger partial charge on any atom is -0.469 e. The first-order chi connectivity index (χ1) is 13.6. The van der Waals surface area contributed by atoms with Crippen LogP contribution in [0.15, 0.2) is 30.3 Å². The number of nitrogens with zero attached hydrogens (tertiary/aromatic N) is 2. The molecule has 2 aliphatic heterocycles. The molecule has 1 aromatic carbocycles. The highest BCUT2D eigenvalue weighted by molar-refractivity contribution is 5.88. The van der Waals surface area contributed by atoms with E-state index >= 15 is 0 Å². The first kappa shape index (κ1) is 20.8. The summed E-state index contributed by atoms with van der Waals surface area (Å²) in [6, 6.07) is 10.5. The molecule has 0 N–H and O–H groups in total. The number of hydrogen-bond donors (Lipinski definition) is 0. The van der Waals surface area contributed by atoms with E-state index in [2.05, 4.69) is 29.2 Å². The number of likely N-dealkylation sites (tertiary alicyclic amines) is 1. The van der Waals surface area contributed by atoms with Crippen molar-refractivity contribution in [3.8, 4) is 0 Å². The molecule has 1 spiro atoms. The Kier molecular flexibility index (Phi) is 7.08. The van der Waals surface area contributed by atoms with Crippen LogP contribution in [-0.2, 0) is 25.6 Å². The van der Waals surface area contributed by atoms with Crippen molar-refractivity contribution in [3.05, 3.63) is 35.9 Å². The van der Waals surface area contributed by atoms with Gasteiger partial charge in [0.1, 0.15) is 0 Å². The second-order valence-electron chi connectivity index (χ2n) is 7.84. The molecule has 2 aliphatic rings. The molecule has 1 aromatic rings. The van der Waals surface area contributed by atoms with Crippen molar-refractivity contribution in [2.24, 2.45) is 5.92 Å². The molecule has 2 heterocycles. The third-order valence-corrected chi connectivity index (χ3v) is 6.07. The number of methoxy groups -OCH3 is 1. The van der Waals surface area contributed by atoms with Crippen molar-refractivity contribution in [2.45, 2.75) is 51.0 Å². The predicted molar refractivity (Wildman–Crippen MR) is 106 cm³/mol. The lowest BCUT2D eigenvalue weighted by Gasteiger charge is -2.45. The van der Waals surface area contributed by atoms with Gasteiger partial charge >= 0.3 is 5.97 Å². The number of hydroxylamine groups is 2. The molecule has 0 aliphatic carbocycles. The molecule has 0 bridgehead atoms. The van der Waals surface area contributed by atoms with Gasteiger partial charge in [0, 0.05) is 19.5 Å². The van der Waals surface area contributed by atoms with Gasteiger partial charge in [-0.2, -0.15) is 0 Å². The van der Waals surface area contributed by atoms with Gasteiger partial charge in [-0.3, -0.25) is 14.4 Å². The van der Waals surface area contributed by atoms with E-state index in [4.69, 9.17) is 9.57 Å². The molecular weight excluding hydrogens is 356 g/mol. The summed E-state index contributed by atoms with van der Waals surface area (Å²) in [6.07, 6.45) is 4.67. The van der Waals surface area contributed by atoms with Crippen LogP contribution in [-0.4, -0.2) is 60.7 Å². The lowest BCUT2D eigenvalue weighted by atomic mass is 9.77. The van der Waals surface area contributed by atoms with Crippen molar-refractivity contribution in [1.29, 1.82) is 0 Å².